The van der Waals surface area contributed by atoms with E-state index < -0.39 is 6.04 Å². The first-order chi connectivity index (χ1) is 28.0. The monoisotopic (exact) mass is 807 g/mol. The van der Waals surface area contributed by atoms with E-state index in [2.05, 4.69) is 53.2 Å². The van der Waals surface area contributed by atoms with Crippen molar-refractivity contribution >= 4 is 69.6 Å². The number of nitrogens with zero attached hydrogens (tertiary/aromatic N) is 5. The number of ketones is 1. The summed E-state index contributed by atoms with van der Waals surface area (Å²) in [6, 6.07) is 21.0. The highest BCUT2D eigenvalue weighted by atomic mass is 35.5. The van der Waals surface area contributed by atoms with Gasteiger partial charge in [0.2, 0.25) is 23.7 Å². The molecule has 4 heterocycles. The van der Waals surface area contributed by atoms with Crippen LogP contribution in [0.2, 0.25) is 5.02 Å². The van der Waals surface area contributed by atoms with E-state index in [1.807, 2.05) is 55.1 Å². The van der Waals surface area contributed by atoms with Crippen molar-refractivity contribution in [3.63, 3.8) is 0 Å². The van der Waals surface area contributed by atoms with Crippen LogP contribution < -0.4 is 30.9 Å². The summed E-state index contributed by atoms with van der Waals surface area (Å²) in [7, 11) is 0. The molecule has 0 bridgehead atoms. The van der Waals surface area contributed by atoms with Gasteiger partial charge in [-0.3, -0.25) is 29.4 Å². The van der Waals surface area contributed by atoms with Crippen LogP contribution in [0.1, 0.15) is 68.3 Å². The summed E-state index contributed by atoms with van der Waals surface area (Å²) in [4.78, 5) is 64.7. The maximum Gasteiger partial charge on any atom is 0.249 e. The molecule has 58 heavy (non-hydrogen) atoms. The van der Waals surface area contributed by atoms with Crippen molar-refractivity contribution in [2.75, 3.05) is 66.7 Å². The van der Waals surface area contributed by atoms with Gasteiger partial charge >= 0.3 is 0 Å². The molecule has 304 valence electrons. The highest BCUT2D eigenvalue weighted by Crippen LogP contribution is 2.35. The van der Waals surface area contributed by atoms with Crippen molar-refractivity contribution in [1.82, 2.24) is 25.1 Å². The molecule has 3 aliphatic heterocycles. The van der Waals surface area contributed by atoms with Crippen LogP contribution in [0.15, 0.2) is 72.9 Å². The Hall–Kier alpha value is -5.73. The van der Waals surface area contributed by atoms with Gasteiger partial charge in [-0.15, -0.1) is 0 Å². The molecular weight excluding hydrogens is 758 g/mol. The molecule has 0 radical (unpaired) electrons. The maximum absolute atomic E-state index is 13.4. The van der Waals surface area contributed by atoms with Crippen LogP contribution in [-0.4, -0.2) is 101 Å². The SMILES string of the molecule is CC(=O)c1ccccc1Nc1nc(Nc2ccc(N3CCN(C(=O)CN4CCC(c5ccc(NC6CCC(=O)NC6=O)cc5)CC4)CC3)cc2OC(C)C)ncc1Cl. The Kier molecular flexibility index (Phi) is 12.7. The molecule has 1 atom stereocenters. The first kappa shape index (κ1) is 40.5. The summed E-state index contributed by atoms with van der Waals surface area (Å²) >= 11 is 6.45. The Labute approximate surface area is 343 Å². The summed E-state index contributed by atoms with van der Waals surface area (Å²) in [6.45, 7) is 10.3. The number of ether oxygens (including phenoxy) is 1. The number of Topliss-reactive ketones (excluding diaryl/α,β-unsaturated/α-hetero) is 1. The molecule has 3 saturated heterocycles. The van der Waals surface area contributed by atoms with E-state index in [4.69, 9.17) is 16.3 Å². The number of nitrogens with one attached hydrogen (secondary N) is 4. The Morgan fingerprint density at radius 2 is 1.66 bits per heavy atom. The van der Waals surface area contributed by atoms with Gasteiger partial charge in [0.15, 0.2) is 11.6 Å². The molecule has 14 nitrogen and oxygen atoms in total. The van der Waals surface area contributed by atoms with Crippen LogP contribution in [0, 0.1) is 0 Å². The lowest BCUT2D eigenvalue weighted by atomic mass is 9.89. The first-order valence-corrected chi connectivity index (χ1v) is 20.3. The van der Waals surface area contributed by atoms with Crippen LogP contribution in [-0.2, 0) is 14.4 Å². The number of imide groups is 1. The molecule has 3 aromatic carbocycles. The number of benzene rings is 3. The smallest absolute Gasteiger partial charge is 0.249 e. The number of carbonyl (C=O) groups is 4. The molecular formula is C43H50ClN9O5. The summed E-state index contributed by atoms with van der Waals surface area (Å²) in [5, 5.41) is 12.4. The fourth-order valence-corrected chi connectivity index (χ4v) is 7.78. The molecule has 1 aromatic heterocycles. The van der Waals surface area contributed by atoms with Crippen molar-refractivity contribution in [3.05, 3.63) is 89.1 Å². The van der Waals surface area contributed by atoms with Gasteiger partial charge in [-0.2, -0.15) is 4.98 Å². The quantitative estimate of drug-likeness (QED) is 0.0877. The Bertz CT molecular complexity index is 2130. The Balaban J connectivity index is 0.900. The molecule has 4 N–H and O–H groups in total. The van der Waals surface area contributed by atoms with Crippen LogP contribution >= 0.6 is 11.6 Å². The van der Waals surface area contributed by atoms with Gasteiger partial charge in [-0.25, -0.2) is 4.98 Å². The zero-order valence-electron chi connectivity index (χ0n) is 33.1. The molecule has 0 spiro atoms. The van der Waals surface area contributed by atoms with E-state index in [-0.39, 0.29) is 29.6 Å². The van der Waals surface area contributed by atoms with Gasteiger partial charge in [-0.1, -0.05) is 35.9 Å². The number of piperazine rings is 1. The lowest BCUT2D eigenvalue weighted by Crippen LogP contribution is -2.51. The maximum atomic E-state index is 13.4. The number of halogens is 1. The second kappa shape index (κ2) is 18.2. The van der Waals surface area contributed by atoms with Crippen LogP contribution in [0.5, 0.6) is 5.75 Å². The Morgan fingerprint density at radius 3 is 2.36 bits per heavy atom. The number of amides is 3. The van der Waals surface area contributed by atoms with Crippen molar-refractivity contribution in [2.24, 2.45) is 0 Å². The predicted octanol–water partition coefficient (Wildman–Crippen LogP) is 6.35. The average molecular weight is 808 g/mol. The second-order valence-corrected chi connectivity index (χ2v) is 15.7. The van der Waals surface area contributed by atoms with Gasteiger partial charge in [0, 0.05) is 55.6 Å². The minimum absolute atomic E-state index is 0.0766. The van der Waals surface area contributed by atoms with E-state index in [1.165, 1.54) is 18.7 Å². The van der Waals surface area contributed by atoms with Crippen LogP contribution in [0.25, 0.3) is 0 Å². The highest BCUT2D eigenvalue weighted by molar-refractivity contribution is 6.33. The molecule has 0 aliphatic carbocycles. The number of hydrogen-bond acceptors (Lipinski definition) is 12. The highest BCUT2D eigenvalue weighted by Gasteiger charge is 2.28. The van der Waals surface area contributed by atoms with E-state index >= 15 is 0 Å². The third kappa shape index (κ3) is 10.0. The lowest BCUT2D eigenvalue weighted by molar-refractivity contribution is -0.134. The van der Waals surface area contributed by atoms with Crippen molar-refractivity contribution in [3.8, 4) is 5.75 Å². The first-order valence-electron chi connectivity index (χ1n) is 19.9. The summed E-state index contributed by atoms with van der Waals surface area (Å²) in [5.74, 6) is 1.31. The molecule has 3 aliphatic rings. The molecule has 1 unspecified atom stereocenters. The number of para-hydroxylation sites is 1. The third-order valence-corrected chi connectivity index (χ3v) is 11.1. The fraction of sp³-hybridized carbons (Fsp3) is 0.395. The number of carbonyl (C=O) groups excluding carboxylic acids is 4. The molecule has 3 amide bonds. The van der Waals surface area contributed by atoms with Gasteiger partial charge in [-0.05, 0) is 101 Å². The van der Waals surface area contributed by atoms with Gasteiger partial charge in [0.05, 0.1) is 30.2 Å². The fourth-order valence-electron chi connectivity index (χ4n) is 7.64. The van der Waals surface area contributed by atoms with Crippen molar-refractivity contribution < 1.29 is 23.9 Å². The van der Waals surface area contributed by atoms with E-state index in [0.717, 1.165) is 37.3 Å². The number of rotatable bonds is 13. The minimum atomic E-state index is -0.402. The number of likely N-dealkylation sites (tertiary alicyclic amines) is 1. The summed E-state index contributed by atoms with van der Waals surface area (Å²) in [6.07, 6.45) is 4.20. The number of piperidine rings is 2. The third-order valence-electron chi connectivity index (χ3n) is 10.8. The number of aromatic nitrogens is 2. The summed E-state index contributed by atoms with van der Waals surface area (Å²) < 4.78 is 6.24. The molecule has 3 fully saturated rings. The topological polar surface area (TPSA) is 161 Å². The standard InChI is InChI=1S/C43H50ClN9O5/c1-27(2)58-38-24-32(12-13-36(38)48-43-45-25-34(44)41(50-43)47-35-7-5-4-6-33(35)28(3)54)52-20-22-53(23-21-52)40(56)26-51-18-16-30(17-19-51)29-8-10-31(11-9-29)46-37-14-15-39(55)49-42(37)57/h4-13,24-25,27,30,37,46H,14-23,26H2,1-3H3,(H,49,55,57)(H2,45,47,48,50). The van der Waals surface area contributed by atoms with Gasteiger partial charge in [0.25, 0.3) is 0 Å². The average Bonchev–Trinajstić information content (AvgIpc) is 3.21. The van der Waals surface area contributed by atoms with Crippen molar-refractivity contribution in [2.45, 2.75) is 64.5 Å². The zero-order valence-corrected chi connectivity index (χ0v) is 33.8. The summed E-state index contributed by atoms with van der Waals surface area (Å²) in [5.41, 5.74) is 4.93. The molecule has 0 saturated carbocycles. The van der Waals surface area contributed by atoms with Gasteiger partial charge < -0.3 is 30.5 Å². The molecule has 15 heteroatoms. The van der Waals surface area contributed by atoms with E-state index in [9.17, 15) is 19.2 Å². The minimum Gasteiger partial charge on any atom is -0.489 e. The van der Waals surface area contributed by atoms with Crippen molar-refractivity contribution in [1.29, 1.82) is 0 Å². The van der Waals surface area contributed by atoms with Gasteiger partial charge in [0.1, 0.15) is 16.8 Å². The van der Waals surface area contributed by atoms with E-state index in [0.29, 0.717) is 91.0 Å². The predicted molar refractivity (Wildman–Crippen MR) is 226 cm³/mol. The normalized spacial score (nSPS) is 17.8. The second-order valence-electron chi connectivity index (χ2n) is 15.3. The Morgan fingerprint density at radius 1 is 0.914 bits per heavy atom. The van der Waals surface area contributed by atoms with E-state index in [1.54, 1.807) is 18.2 Å². The molecule has 4 aromatic rings. The zero-order chi connectivity index (χ0) is 40.8. The largest absolute Gasteiger partial charge is 0.489 e. The van der Waals surface area contributed by atoms with Crippen LogP contribution in [0.4, 0.5) is 34.5 Å². The van der Waals surface area contributed by atoms with Crippen LogP contribution in [0.3, 0.4) is 0 Å². The lowest BCUT2D eigenvalue weighted by Gasteiger charge is -2.38. The number of hydrogen-bond donors (Lipinski definition) is 4. The molecule has 7 rings (SSSR count). The number of anilines is 6.